The van der Waals surface area contributed by atoms with Crippen LogP contribution >= 0.6 is 11.8 Å². The van der Waals surface area contributed by atoms with Gasteiger partial charge in [-0.25, -0.2) is 0 Å². The Labute approximate surface area is 106 Å². The van der Waals surface area contributed by atoms with E-state index in [0.29, 0.717) is 5.92 Å². The van der Waals surface area contributed by atoms with E-state index >= 15 is 0 Å². The molecule has 92 valence electrons. The van der Waals surface area contributed by atoms with Crippen LogP contribution in [0.1, 0.15) is 53.4 Å². The molecule has 0 fully saturated rings. The minimum Gasteiger partial charge on any atom is -0.130 e. The fourth-order valence-electron chi connectivity index (χ4n) is 1.97. The van der Waals surface area contributed by atoms with Gasteiger partial charge in [-0.1, -0.05) is 51.3 Å². The molecule has 0 radical (unpaired) electrons. The molecule has 0 nitrogen and oxygen atoms in total. The molecule has 16 heavy (non-hydrogen) atoms. The molecular weight excluding hydrogens is 212 g/mol. The average Bonchev–Trinajstić information content (AvgIpc) is 2.23. The van der Waals surface area contributed by atoms with Gasteiger partial charge in [0.2, 0.25) is 0 Å². The minimum atomic E-state index is 0.670. The fourth-order valence-corrected chi connectivity index (χ4v) is 3.20. The van der Waals surface area contributed by atoms with Gasteiger partial charge in [-0.3, -0.25) is 0 Å². The lowest BCUT2D eigenvalue weighted by molar-refractivity contribution is 0.551. The first-order chi connectivity index (χ1) is 7.61. The zero-order chi connectivity index (χ0) is 12.0. The summed E-state index contributed by atoms with van der Waals surface area (Å²) in [5, 5.41) is 0. The van der Waals surface area contributed by atoms with Gasteiger partial charge in [-0.05, 0) is 36.3 Å². The van der Waals surface area contributed by atoms with Crippen molar-refractivity contribution >= 4 is 11.8 Å². The minimum absolute atomic E-state index is 0.670. The van der Waals surface area contributed by atoms with Crippen LogP contribution in [0.25, 0.3) is 0 Å². The van der Waals surface area contributed by atoms with Crippen molar-refractivity contribution < 1.29 is 0 Å². The normalized spacial score (nSPS) is 20.9. The molecule has 0 aliphatic heterocycles. The second kappa shape index (κ2) is 7.21. The molecule has 1 aliphatic rings. The van der Waals surface area contributed by atoms with Crippen LogP contribution in [0.4, 0.5) is 0 Å². The maximum atomic E-state index is 2.41. The monoisotopic (exact) mass is 238 g/mol. The molecule has 0 N–H and O–H groups in total. The number of unbranched alkanes of at least 4 members (excludes halogenated alkanes) is 1. The standard InChI is InChI=1S/C15H26S/c1-12(2)8-5-6-11-16-15-10-7-9-13(3)14(15)4/h9-10,12,14H,5-8,11H2,1-4H3. The Bertz CT molecular complexity index is 261. The van der Waals surface area contributed by atoms with E-state index in [0.717, 1.165) is 12.3 Å². The van der Waals surface area contributed by atoms with Crippen molar-refractivity contribution in [2.75, 3.05) is 5.75 Å². The number of rotatable bonds is 6. The SMILES string of the molecule is CC1=CCC=C(SCCCCC(C)C)C1C. The van der Waals surface area contributed by atoms with E-state index in [4.69, 9.17) is 0 Å². The third-order valence-corrected chi connectivity index (χ3v) is 4.66. The van der Waals surface area contributed by atoms with E-state index in [1.54, 1.807) is 10.5 Å². The van der Waals surface area contributed by atoms with Crippen molar-refractivity contribution in [3.8, 4) is 0 Å². The highest BCUT2D eigenvalue weighted by Gasteiger charge is 2.13. The zero-order valence-corrected chi connectivity index (χ0v) is 12.1. The third-order valence-electron chi connectivity index (χ3n) is 3.31. The van der Waals surface area contributed by atoms with Gasteiger partial charge in [0.05, 0.1) is 0 Å². The quantitative estimate of drug-likeness (QED) is 0.440. The molecule has 0 amide bonds. The summed E-state index contributed by atoms with van der Waals surface area (Å²) >= 11 is 2.08. The van der Waals surface area contributed by atoms with Crippen LogP contribution in [-0.2, 0) is 0 Å². The Morgan fingerprint density at radius 1 is 1.31 bits per heavy atom. The molecule has 0 spiro atoms. The van der Waals surface area contributed by atoms with E-state index in [1.807, 2.05) is 0 Å². The topological polar surface area (TPSA) is 0 Å². The van der Waals surface area contributed by atoms with Crippen molar-refractivity contribution in [2.24, 2.45) is 11.8 Å². The molecule has 0 saturated carbocycles. The van der Waals surface area contributed by atoms with Gasteiger partial charge >= 0.3 is 0 Å². The molecule has 0 aromatic carbocycles. The van der Waals surface area contributed by atoms with Crippen LogP contribution < -0.4 is 0 Å². The molecule has 0 saturated heterocycles. The van der Waals surface area contributed by atoms with Crippen molar-refractivity contribution in [3.63, 3.8) is 0 Å². The van der Waals surface area contributed by atoms with Crippen molar-refractivity contribution in [2.45, 2.75) is 53.4 Å². The number of hydrogen-bond donors (Lipinski definition) is 0. The van der Waals surface area contributed by atoms with E-state index in [2.05, 4.69) is 51.6 Å². The van der Waals surface area contributed by atoms with E-state index in [1.165, 1.54) is 25.0 Å². The predicted molar refractivity (Wildman–Crippen MR) is 76.8 cm³/mol. The van der Waals surface area contributed by atoms with Crippen molar-refractivity contribution in [1.29, 1.82) is 0 Å². The molecule has 1 heteroatoms. The van der Waals surface area contributed by atoms with Gasteiger partial charge < -0.3 is 0 Å². The summed E-state index contributed by atoms with van der Waals surface area (Å²) in [6.07, 6.45) is 10.0. The molecule has 1 atom stereocenters. The van der Waals surface area contributed by atoms with Crippen LogP contribution in [0.2, 0.25) is 0 Å². The lowest BCUT2D eigenvalue weighted by Crippen LogP contribution is -2.03. The van der Waals surface area contributed by atoms with Gasteiger partial charge in [0, 0.05) is 5.92 Å². The Balaban J connectivity index is 2.16. The van der Waals surface area contributed by atoms with E-state index in [-0.39, 0.29) is 0 Å². The maximum absolute atomic E-state index is 2.41. The first-order valence-electron chi connectivity index (χ1n) is 6.60. The van der Waals surface area contributed by atoms with Crippen LogP contribution in [-0.4, -0.2) is 5.75 Å². The summed E-state index contributed by atoms with van der Waals surface area (Å²) < 4.78 is 0. The van der Waals surface area contributed by atoms with E-state index < -0.39 is 0 Å². The predicted octanol–water partition coefficient (Wildman–Crippen LogP) is 5.42. The average molecular weight is 238 g/mol. The van der Waals surface area contributed by atoms with Gasteiger partial charge in [-0.15, -0.1) is 11.8 Å². The lowest BCUT2D eigenvalue weighted by Gasteiger charge is -2.20. The highest BCUT2D eigenvalue weighted by atomic mass is 32.2. The zero-order valence-electron chi connectivity index (χ0n) is 11.3. The Morgan fingerprint density at radius 2 is 2.06 bits per heavy atom. The third kappa shape index (κ3) is 4.78. The molecule has 0 bridgehead atoms. The highest BCUT2D eigenvalue weighted by Crippen LogP contribution is 2.33. The molecule has 0 aromatic rings. The maximum Gasteiger partial charge on any atom is 0.00739 e. The Hall–Kier alpha value is -0.170. The van der Waals surface area contributed by atoms with Gasteiger partial charge in [-0.2, -0.15) is 0 Å². The summed E-state index contributed by atoms with van der Waals surface area (Å²) in [7, 11) is 0. The largest absolute Gasteiger partial charge is 0.130 e. The van der Waals surface area contributed by atoms with Gasteiger partial charge in [0.25, 0.3) is 0 Å². The Morgan fingerprint density at radius 3 is 2.75 bits per heavy atom. The van der Waals surface area contributed by atoms with Gasteiger partial charge in [0.1, 0.15) is 0 Å². The number of allylic oxidation sites excluding steroid dienone is 4. The molecule has 1 unspecified atom stereocenters. The molecule has 1 aliphatic carbocycles. The van der Waals surface area contributed by atoms with Crippen LogP contribution in [0.5, 0.6) is 0 Å². The molecule has 0 aromatic heterocycles. The molecule has 0 heterocycles. The second-order valence-electron chi connectivity index (χ2n) is 5.25. The Kier molecular flexibility index (Phi) is 6.26. The number of hydrogen-bond acceptors (Lipinski definition) is 1. The molecule has 1 rings (SSSR count). The second-order valence-corrected chi connectivity index (χ2v) is 6.42. The summed E-state index contributed by atoms with van der Waals surface area (Å²) in [4.78, 5) is 1.60. The smallest absolute Gasteiger partial charge is 0.00739 e. The van der Waals surface area contributed by atoms with E-state index in [9.17, 15) is 0 Å². The first-order valence-corrected chi connectivity index (χ1v) is 7.59. The number of thioether (sulfide) groups is 1. The van der Waals surface area contributed by atoms with Crippen molar-refractivity contribution in [1.82, 2.24) is 0 Å². The summed E-state index contributed by atoms with van der Waals surface area (Å²) in [5.74, 6) is 2.84. The lowest BCUT2D eigenvalue weighted by atomic mass is 9.96. The van der Waals surface area contributed by atoms with Crippen LogP contribution in [0.3, 0.4) is 0 Å². The van der Waals surface area contributed by atoms with Crippen LogP contribution in [0.15, 0.2) is 22.6 Å². The van der Waals surface area contributed by atoms with Crippen LogP contribution in [0, 0.1) is 11.8 Å². The van der Waals surface area contributed by atoms with Gasteiger partial charge in [0.15, 0.2) is 0 Å². The molecular formula is C15H26S. The van der Waals surface area contributed by atoms with Crippen molar-refractivity contribution in [3.05, 3.63) is 22.6 Å². The summed E-state index contributed by atoms with van der Waals surface area (Å²) in [5.41, 5.74) is 1.55. The summed E-state index contributed by atoms with van der Waals surface area (Å²) in [6.45, 7) is 9.22. The highest BCUT2D eigenvalue weighted by molar-refractivity contribution is 8.03. The summed E-state index contributed by atoms with van der Waals surface area (Å²) in [6, 6.07) is 0. The first kappa shape index (κ1) is 13.9. The fraction of sp³-hybridized carbons (Fsp3) is 0.733.